The van der Waals surface area contributed by atoms with Crippen LogP contribution in [0.15, 0.2) is 61.1 Å². The molecule has 5 rings (SSSR count). The van der Waals surface area contributed by atoms with E-state index in [1.807, 2.05) is 31.4 Å². The van der Waals surface area contributed by atoms with E-state index in [2.05, 4.69) is 68.3 Å². The summed E-state index contributed by atoms with van der Waals surface area (Å²) in [6.07, 6.45) is 8.46. The SMILES string of the molecule is CC1CCN(c2ccc(N3C(=S)N[C@H](c4ccccn4)[C@@H]3c3ccn(C)c3)cc2Cl)CC1. The molecule has 5 nitrogen and oxygen atoms in total. The number of aromatic nitrogens is 2. The molecule has 0 aliphatic carbocycles. The van der Waals surface area contributed by atoms with Crippen molar-refractivity contribution < 1.29 is 0 Å². The van der Waals surface area contributed by atoms with Gasteiger partial charge in [0.05, 0.1) is 28.5 Å². The standard InChI is InChI=1S/C25H28ClN5S/c1-17-8-13-30(14-9-17)22-7-6-19(15-20(22)26)31-24(18-10-12-29(2)16-18)23(28-25(31)32)21-5-3-4-11-27-21/h3-7,10-12,15-17,23-24H,8-9,13-14H2,1-2H3,(H,28,32)/t23-,24+/m1/s1. The average Bonchev–Trinajstić information content (AvgIpc) is 3.38. The number of anilines is 2. The molecule has 0 unspecified atom stereocenters. The molecule has 1 aromatic carbocycles. The summed E-state index contributed by atoms with van der Waals surface area (Å²) in [4.78, 5) is 9.20. The molecule has 0 radical (unpaired) electrons. The van der Waals surface area contributed by atoms with E-state index in [9.17, 15) is 0 Å². The van der Waals surface area contributed by atoms with E-state index < -0.39 is 0 Å². The van der Waals surface area contributed by atoms with Gasteiger partial charge >= 0.3 is 0 Å². The van der Waals surface area contributed by atoms with E-state index in [-0.39, 0.29) is 12.1 Å². The van der Waals surface area contributed by atoms with Crippen molar-refractivity contribution in [1.82, 2.24) is 14.9 Å². The van der Waals surface area contributed by atoms with Crippen molar-refractivity contribution in [2.75, 3.05) is 22.9 Å². The number of nitrogens with zero attached hydrogens (tertiary/aromatic N) is 4. The second-order valence-electron chi connectivity index (χ2n) is 8.91. The molecule has 0 spiro atoms. The highest BCUT2D eigenvalue weighted by atomic mass is 35.5. The number of thiocarbonyl (C=S) groups is 1. The number of hydrogen-bond acceptors (Lipinski definition) is 3. The van der Waals surface area contributed by atoms with Crippen LogP contribution in [0.3, 0.4) is 0 Å². The summed E-state index contributed by atoms with van der Waals surface area (Å²) in [7, 11) is 2.04. The van der Waals surface area contributed by atoms with Crippen molar-refractivity contribution in [1.29, 1.82) is 0 Å². The van der Waals surface area contributed by atoms with Crippen molar-refractivity contribution in [3.8, 4) is 0 Å². The van der Waals surface area contributed by atoms with Gasteiger partial charge in [-0.25, -0.2) is 0 Å². The van der Waals surface area contributed by atoms with Crippen LogP contribution in [-0.4, -0.2) is 27.8 Å². The molecule has 2 atom stereocenters. The summed E-state index contributed by atoms with van der Waals surface area (Å²) in [5, 5.41) is 4.97. The molecule has 4 heterocycles. The molecule has 32 heavy (non-hydrogen) atoms. The van der Waals surface area contributed by atoms with Crippen LogP contribution in [0.1, 0.15) is 43.1 Å². The van der Waals surface area contributed by atoms with Gasteiger partial charge in [-0.1, -0.05) is 24.6 Å². The van der Waals surface area contributed by atoms with Gasteiger partial charge < -0.3 is 19.7 Å². The van der Waals surface area contributed by atoms with E-state index in [0.29, 0.717) is 5.11 Å². The van der Waals surface area contributed by atoms with E-state index in [1.165, 1.54) is 18.4 Å². The zero-order valence-corrected chi connectivity index (χ0v) is 20.0. The number of piperidine rings is 1. The van der Waals surface area contributed by atoms with Crippen molar-refractivity contribution >= 4 is 40.3 Å². The average molecular weight is 466 g/mol. The van der Waals surface area contributed by atoms with Crippen LogP contribution >= 0.6 is 23.8 Å². The van der Waals surface area contributed by atoms with Crippen LogP contribution in [-0.2, 0) is 7.05 Å². The van der Waals surface area contributed by atoms with Crippen LogP contribution in [0.25, 0.3) is 0 Å². The third-order valence-electron chi connectivity index (χ3n) is 6.63. The van der Waals surface area contributed by atoms with Crippen molar-refractivity contribution in [3.05, 3.63) is 77.3 Å². The van der Waals surface area contributed by atoms with Crippen LogP contribution in [0.2, 0.25) is 5.02 Å². The molecule has 0 amide bonds. The highest BCUT2D eigenvalue weighted by molar-refractivity contribution is 7.80. The maximum Gasteiger partial charge on any atom is 0.174 e. The van der Waals surface area contributed by atoms with Crippen molar-refractivity contribution in [3.63, 3.8) is 0 Å². The Morgan fingerprint density at radius 2 is 1.94 bits per heavy atom. The summed E-state index contributed by atoms with van der Waals surface area (Å²) in [5.74, 6) is 0.785. The first-order valence-electron chi connectivity index (χ1n) is 11.2. The predicted molar refractivity (Wildman–Crippen MR) is 135 cm³/mol. The van der Waals surface area contributed by atoms with Gasteiger partial charge in [0.15, 0.2) is 5.11 Å². The van der Waals surface area contributed by atoms with Crippen LogP contribution in [0.4, 0.5) is 11.4 Å². The maximum absolute atomic E-state index is 6.83. The Balaban J connectivity index is 1.51. The quantitative estimate of drug-likeness (QED) is 0.516. The molecule has 3 aromatic rings. The Morgan fingerprint density at radius 3 is 2.59 bits per heavy atom. The second kappa shape index (κ2) is 8.75. The van der Waals surface area contributed by atoms with E-state index in [1.54, 1.807) is 0 Å². The molecular formula is C25H28ClN5S. The first-order chi connectivity index (χ1) is 15.5. The Kier molecular flexibility index (Phi) is 5.82. The van der Waals surface area contributed by atoms with Gasteiger partial charge in [0.2, 0.25) is 0 Å². The van der Waals surface area contributed by atoms with E-state index in [4.69, 9.17) is 23.8 Å². The van der Waals surface area contributed by atoms with Crippen LogP contribution in [0.5, 0.6) is 0 Å². The molecule has 2 saturated heterocycles. The minimum absolute atomic E-state index is 0.0173. The number of nitrogens with one attached hydrogen (secondary N) is 1. The lowest BCUT2D eigenvalue weighted by Gasteiger charge is -2.33. The summed E-state index contributed by atoms with van der Waals surface area (Å²) >= 11 is 12.7. The Hall–Kier alpha value is -2.57. The minimum atomic E-state index is -0.0480. The lowest BCUT2D eigenvalue weighted by molar-refractivity contribution is 0.438. The Bertz CT molecular complexity index is 1110. The molecule has 166 valence electrons. The van der Waals surface area contributed by atoms with Crippen LogP contribution < -0.4 is 15.1 Å². The third kappa shape index (κ3) is 3.97. The number of aryl methyl sites for hydroxylation is 1. The van der Waals surface area contributed by atoms with Gasteiger partial charge in [-0.05, 0) is 72.9 Å². The first-order valence-corrected chi connectivity index (χ1v) is 12.0. The fourth-order valence-corrected chi connectivity index (χ4v) is 5.46. The molecule has 0 saturated carbocycles. The van der Waals surface area contributed by atoms with Crippen molar-refractivity contribution in [2.45, 2.75) is 31.8 Å². The Labute approximate surface area is 200 Å². The van der Waals surface area contributed by atoms with E-state index in [0.717, 1.165) is 41.1 Å². The summed E-state index contributed by atoms with van der Waals surface area (Å²) in [6.45, 7) is 4.43. The summed E-state index contributed by atoms with van der Waals surface area (Å²) < 4.78 is 2.07. The predicted octanol–water partition coefficient (Wildman–Crippen LogP) is 5.49. The Morgan fingerprint density at radius 1 is 1.12 bits per heavy atom. The fraction of sp³-hybridized carbons (Fsp3) is 0.360. The second-order valence-corrected chi connectivity index (χ2v) is 9.71. The highest BCUT2D eigenvalue weighted by Gasteiger charge is 2.41. The monoisotopic (exact) mass is 465 g/mol. The smallest absolute Gasteiger partial charge is 0.174 e. The fourth-order valence-electron chi connectivity index (χ4n) is 4.82. The summed E-state index contributed by atoms with van der Waals surface area (Å²) in [5.41, 5.74) is 4.25. The lowest BCUT2D eigenvalue weighted by Crippen LogP contribution is -2.33. The molecule has 2 aromatic heterocycles. The van der Waals surface area contributed by atoms with Gasteiger partial charge in [0.1, 0.15) is 0 Å². The molecule has 1 N–H and O–H groups in total. The zero-order chi connectivity index (χ0) is 22.2. The molecule has 2 aliphatic heterocycles. The van der Waals surface area contributed by atoms with Gasteiger partial charge in [-0.15, -0.1) is 0 Å². The molecule has 2 fully saturated rings. The zero-order valence-electron chi connectivity index (χ0n) is 18.4. The van der Waals surface area contributed by atoms with Gasteiger partial charge in [0.25, 0.3) is 0 Å². The third-order valence-corrected chi connectivity index (χ3v) is 7.25. The maximum atomic E-state index is 6.83. The largest absolute Gasteiger partial charge is 0.370 e. The molecule has 0 bridgehead atoms. The summed E-state index contributed by atoms with van der Waals surface area (Å²) in [6, 6.07) is 14.4. The van der Waals surface area contributed by atoms with Gasteiger partial charge in [-0.3, -0.25) is 4.98 Å². The lowest BCUT2D eigenvalue weighted by atomic mass is 9.98. The van der Waals surface area contributed by atoms with E-state index >= 15 is 0 Å². The normalized spacial score (nSPS) is 21.8. The molecular weight excluding hydrogens is 438 g/mol. The van der Waals surface area contributed by atoms with Crippen molar-refractivity contribution in [2.24, 2.45) is 13.0 Å². The first kappa shape index (κ1) is 21.3. The molecule has 2 aliphatic rings. The minimum Gasteiger partial charge on any atom is -0.370 e. The van der Waals surface area contributed by atoms with Crippen LogP contribution in [0, 0.1) is 5.92 Å². The topological polar surface area (TPSA) is 36.3 Å². The highest BCUT2D eigenvalue weighted by Crippen LogP contribution is 2.43. The number of rotatable bonds is 4. The number of benzene rings is 1. The van der Waals surface area contributed by atoms with Gasteiger partial charge in [0, 0.05) is 44.4 Å². The van der Waals surface area contributed by atoms with Gasteiger partial charge in [-0.2, -0.15) is 0 Å². The number of hydrogen-bond donors (Lipinski definition) is 1. The molecule has 7 heteroatoms. The number of pyridine rings is 1. The number of halogens is 1.